The Balaban J connectivity index is 2.81. The average Bonchev–Trinajstić information content (AvgIpc) is 2.44. The van der Waals surface area contributed by atoms with Crippen LogP contribution in [0.1, 0.15) is 55.5 Å². The van der Waals surface area contributed by atoms with Gasteiger partial charge in [-0.25, -0.2) is 4.79 Å². The predicted molar refractivity (Wildman–Crippen MR) is 84.2 cm³/mol. The van der Waals surface area contributed by atoms with Gasteiger partial charge in [0.25, 0.3) is 5.56 Å². The smallest absolute Gasteiger partial charge is 0.335 e. The molecule has 21 heavy (non-hydrogen) atoms. The SMILES string of the molecule is CCCCn1c(=O)ccc2cc(C(=O)O)cc(C(C)C)c21. The zero-order valence-corrected chi connectivity index (χ0v) is 12.7. The van der Waals surface area contributed by atoms with Crippen LogP contribution in [0.4, 0.5) is 0 Å². The van der Waals surface area contributed by atoms with Crippen molar-refractivity contribution in [3.63, 3.8) is 0 Å². The van der Waals surface area contributed by atoms with E-state index in [-0.39, 0.29) is 17.0 Å². The number of carbonyl (C=O) groups is 1. The van der Waals surface area contributed by atoms with E-state index in [0.717, 1.165) is 29.3 Å². The Labute approximate surface area is 124 Å². The van der Waals surface area contributed by atoms with E-state index in [0.29, 0.717) is 6.54 Å². The lowest BCUT2D eigenvalue weighted by atomic mass is 9.96. The highest BCUT2D eigenvalue weighted by Crippen LogP contribution is 2.26. The molecule has 0 amide bonds. The molecule has 1 aromatic carbocycles. The van der Waals surface area contributed by atoms with Gasteiger partial charge in [-0.05, 0) is 41.5 Å². The molecule has 0 aliphatic heterocycles. The molecule has 0 saturated heterocycles. The Morgan fingerprint density at radius 1 is 1.29 bits per heavy atom. The van der Waals surface area contributed by atoms with E-state index < -0.39 is 5.97 Å². The number of hydrogen-bond acceptors (Lipinski definition) is 2. The van der Waals surface area contributed by atoms with Crippen LogP contribution in [-0.2, 0) is 6.54 Å². The van der Waals surface area contributed by atoms with Crippen molar-refractivity contribution in [1.82, 2.24) is 4.57 Å². The van der Waals surface area contributed by atoms with E-state index in [1.807, 2.05) is 13.8 Å². The number of pyridine rings is 1. The van der Waals surface area contributed by atoms with Crippen LogP contribution in [0.2, 0.25) is 0 Å². The van der Waals surface area contributed by atoms with Crippen molar-refractivity contribution in [1.29, 1.82) is 0 Å². The Morgan fingerprint density at radius 2 is 2.00 bits per heavy atom. The van der Waals surface area contributed by atoms with Gasteiger partial charge < -0.3 is 9.67 Å². The van der Waals surface area contributed by atoms with Gasteiger partial charge in [0.2, 0.25) is 0 Å². The molecule has 1 aromatic heterocycles. The molecule has 0 saturated carbocycles. The van der Waals surface area contributed by atoms with Crippen molar-refractivity contribution in [2.75, 3.05) is 0 Å². The molecule has 0 spiro atoms. The molecular formula is C17H21NO3. The Bertz CT molecular complexity index is 729. The lowest BCUT2D eigenvalue weighted by Gasteiger charge is -2.17. The molecule has 2 aromatic rings. The highest BCUT2D eigenvalue weighted by molar-refractivity contribution is 5.95. The average molecular weight is 287 g/mol. The quantitative estimate of drug-likeness (QED) is 0.913. The highest BCUT2D eigenvalue weighted by atomic mass is 16.4. The molecule has 4 nitrogen and oxygen atoms in total. The Morgan fingerprint density at radius 3 is 2.57 bits per heavy atom. The van der Waals surface area contributed by atoms with Gasteiger partial charge in [-0.1, -0.05) is 27.2 Å². The van der Waals surface area contributed by atoms with Crippen LogP contribution < -0.4 is 5.56 Å². The first-order valence-electron chi connectivity index (χ1n) is 7.36. The van der Waals surface area contributed by atoms with Crippen molar-refractivity contribution in [2.24, 2.45) is 0 Å². The fraction of sp³-hybridized carbons (Fsp3) is 0.412. The number of aromatic nitrogens is 1. The number of benzene rings is 1. The summed E-state index contributed by atoms with van der Waals surface area (Å²) in [7, 11) is 0. The number of carboxylic acid groups (broad SMARTS) is 1. The van der Waals surface area contributed by atoms with Crippen LogP contribution in [-0.4, -0.2) is 15.6 Å². The minimum atomic E-state index is -0.940. The highest BCUT2D eigenvalue weighted by Gasteiger charge is 2.15. The van der Waals surface area contributed by atoms with E-state index in [1.165, 1.54) is 6.07 Å². The minimum absolute atomic E-state index is 0.0269. The zero-order valence-electron chi connectivity index (χ0n) is 12.7. The maximum atomic E-state index is 12.2. The van der Waals surface area contributed by atoms with Crippen LogP contribution in [0.15, 0.2) is 29.1 Å². The summed E-state index contributed by atoms with van der Waals surface area (Å²) in [5, 5.41) is 10.1. The number of fused-ring (bicyclic) bond motifs is 1. The molecule has 0 bridgehead atoms. The first-order valence-corrected chi connectivity index (χ1v) is 7.36. The number of aryl methyl sites for hydroxylation is 1. The van der Waals surface area contributed by atoms with Gasteiger partial charge >= 0.3 is 5.97 Å². The van der Waals surface area contributed by atoms with E-state index >= 15 is 0 Å². The van der Waals surface area contributed by atoms with Gasteiger partial charge in [-0.3, -0.25) is 4.79 Å². The van der Waals surface area contributed by atoms with E-state index in [2.05, 4.69) is 6.92 Å². The molecule has 0 aliphatic rings. The van der Waals surface area contributed by atoms with Crippen molar-refractivity contribution in [3.8, 4) is 0 Å². The van der Waals surface area contributed by atoms with Crippen LogP contribution in [0.25, 0.3) is 10.9 Å². The summed E-state index contributed by atoms with van der Waals surface area (Å²) >= 11 is 0. The minimum Gasteiger partial charge on any atom is -0.478 e. The fourth-order valence-corrected chi connectivity index (χ4v) is 2.58. The maximum Gasteiger partial charge on any atom is 0.335 e. The van der Waals surface area contributed by atoms with Crippen LogP contribution in [0.3, 0.4) is 0 Å². The first-order chi connectivity index (χ1) is 9.95. The summed E-state index contributed by atoms with van der Waals surface area (Å²) in [5.41, 5.74) is 2.03. The van der Waals surface area contributed by atoms with Crippen LogP contribution in [0.5, 0.6) is 0 Å². The normalized spacial score (nSPS) is 11.2. The standard InChI is InChI=1S/C17H21NO3/c1-4-5-8-18-15(19)7-6-12-9-13(17(20)21)10-14(11(2)3)16(12)18/h6-7,9-11H,4-5,8H2,1-3H3,(H,20,21). The van der Waals surface area contributed by atoms with Crippen molar-refractivity contribution >= 4 is 16.9 Å². The second kappa shape index (κ2) is 6.12. The third kappa shape index (κ3) is 2.99. The number of hydrogen-bond donors (Lipinski definition) is 1. The second-order valence-electron chi connectivity index (χ2n) is 5.64. The number of unbranched alkanes of at least 4 members (excludes halogenated alkanes) is 1. The second-order valence-corrected chi connectivity index (χ2v) is 5.64. The van der Waals surface area contributed by atoms with Gasteiger partial charge in [0.1, 0.15) is 0 Å². The van der Waals surface area contributed by atoms with Gasteiger partial charge in [-0.15, -0.1) is 0 Å². The zero-order chi connectivity index (χ0) is 15.6. The van der Waals surface area contributed by atoms with Crippen molar-refractivity contribution in [2.45, 2.75) is 46.1 Å². The summed E-state index contributed by atoms with van der Waals surface area (Å²) in [5.74, 6) is -0.786. The van der Waals surface area contributed by atoms with E-state index in [4.69, 9.17) is 0 Å². The van der Waals surface area contributed by atoms with Gasteiger partial charge in [0.05, 0.1) is 11.1 Å². The fourth-order valence-electron chi connectivity index (χ4n) is 2.58. The summed E-state index contributed by atoms with van der Waals surface area (Å²) in [4.78, 5) is 23.5. The molecular weight excluding hydrogens is 266 g/mol. The van der Waals surface area contributed by atoms with E-state index in [1.54, 1.807) is 22.8 Å². The predicted octanol–water partition coefficient (Wildman–Crippen LogP) is 3.62. The first kappa shape index (κ1) is 15.3. The molecule has 0 atom stereocenters. The lowest BCUT2D eigenvalue weighted by molar-refractivity contribution is 0.0697. The molecule has 1 N–H and O–H groups in total. The third-order valence-corrected chi connectivity index (χ3v) is 3.71. The molecule has 0 aliphatic carbocycles. The summed E-state index contributed by atoms with van der Waals surface area (Å²) in [6, 6.07) is 6.58. The summed E-state index contributed by atoms with van der Waals surface area (Å²) in [6.07, 6.45) is 1.93. The lowest BCUT2D eigenvalue weighted by Crippen LogP contribution is -2.21. The van der Waals surface area contributed by atoms with Gasteiger partial charge in [-0.2, -0.15) is 0 Å². The summed E-state index contributed by atoms with van der Waals surface area (Å²) in [6.45, 7) is 6.78. The van der Waals surface area contributed by atoms with Crippen molar-refractivity contribution in [3.05, 3.63) is 45.7 Å². The molecule has 1 heterocycles. The third-order valence-electron chi connectivity index (χ3n) is 3.71. The number of aromatic carboxylic acids is 1. The summed E-state index contributed by atoms with van der Waals surface area (Å²) < 4.78 is 1.78. The molecule has 0 fully saturated rings. The molecule has 2 rings (SSSR count). The maximum absolute atomic E-state index is 12.2. The number of carboxylic acids is 1. The number of rotatable bonds is 5. The Kier molecular flexibility index (Phi) is 4.46. The van der Waals surface area contributed by atoms with Gasteiger partial charge in [0, 0.05) is 12.6 Å². The van der Waals surface area contributed by atoms with Crippen LogP contribution >= 0.6 is 0 Å². The Hall–Kier alpha value is -2.10. The van der Waals surface area contributed by atoms with Crippen LogP contribution in [0, 0.1) is 0 Å². The molecule has 0 radical (unpaired) electrons. The monoisotopic (exact) mass is 287 g/mol. The molecule has 4 heteroatoms. The van der Waals surface area contributed by atoms with Crippen molar-refractivity contribution < 1.29 is 9.90 Å². The van der Waals surface area contributed by atoms with E-state index in [9.17, 15) is 14.7 Å². The largest absolute Gasteiger partial charge is 0.478 e. The number of nitrogens with zero attached hydrogens (tertiary/aromatic N) is 1. The van der Waals surface area contributed by atoms with Gasteiger partial charge in [0.15, 0.2) is 0 Å². The topological polar surface area (TPSA) is 59.3 Å². The molecule has 0 unspecified atom stereocenters. The molecule has 112 valence electrons.